The third-order valence-corrected chi connectivity index (χ3v) is 13.7. The van der Waals surface area contributed by atoms with E-state index in [-0.39, 0.29) is 0 Å². The molecule has 0 bridgehead atoms. The van der Waals surface area contributed by atoms with Crippen LogP contribution in [0.3, 0.4) is 0 Å². The monoisotopic (exact) mass is 514 g/mol. The van der Waals surface area contributed by atoms with Crippen molar-refractivity contribution in [3.05, 3.63) is 102 Å². The number of fused-ring (bicyclic) bond motifs is 2. The molecule has 7 rings (SSSR count). The van der Waals surface area contributed by atoms with Crippen LogP contribution in [0.15, 0.2) is 107 Å². The number of piperidine rings is 2. The maximum absolute atomic E-state index is 5.33. The summed E-state index contributed by atoms with van der Waals surface area (Å²) in [6, 6.07) is 29.8. The summed E-state index contributed by atoms with van der Waals surface area (Å²) in [5.74, 6) is 0. The third kappa shape index (κ3) is 3.94. The van der Waals surface area contributed by atoms with Crippen LogP contribution in [-0.2, 0) is 0 Å². The topological polar surface area (TPSA) is 18.6 Å². The van der Waals surface area contributed by atoms with Gasteiger partial charge in [0, 0.05) is 43.8 Å². The van der Waals surface area contributed by atoms with Gasteiger partial charge < -0.3 is 4.90 Å². The van der Waals surface area contributed by atoms with Crippen LogP contribution in [0.5, 0.6) is 0 Å². The van der Waals surface area contributed by atoms with Crippen LogP contribution >= 0.6 is 0 Å². The average Bonchev–Trinajstić information content (AvgIpc) is 3.01. The van der Waals surface area contributed by atoms with Gasteiger partial charge in [0.25, 0.3) is 0 Å². The standard InChI is InChI=1S/C34H36N3Si/c1-5-13-29(14-6-1)38(30-15-7-2-8-16-30)33-25-27(36-21-9-3-10-22-36)17-19-31(33)35-32-20-18-28(26-34(32)38)37-23-11-4-12-24-37/h1-2,5-8,13-20,25-26H,3-4,9-12,21-24H2/q+1. The molecule has 0 unspecified atom stereocenters. The number of rotatable bonds is 3. The molecule has 0 atom stereocenters. The summed E-state index contributed by atoms with van der Waals surface area (Å²) < 4.78 is 2.60. The van der Waals surface area contributed by atoms with E-state index in [0.717, 1.165) is 37.6 Å². The highest BCUT2D eigenvalue weighted by atomic mass is 28.3. The molecule has 4 aliphatic rings. The molecule has 38 heavy (non-hydrogen) atoms. The van der Waals surface area contributed by atoms with E-state index in [4.69, 9.17) is 4.99 Å². The van der Waals surface area contributed by atoms with E-state index in [1.807, 2.05) is 0 Å². The molecule has 190 valence electrons. The first-order chi connectivity index (χ1) is 18.8. The predicted octanol–water partition coefficient (Wildman–Crippen LogP) is 4.91. The maximum atomic E-state index is 5.33. The minimum absolute atomic E-state index is 1.14. The van der Waals surface area contributed by atoms with Crippen molar-refractivity contribution in [3.8, 4) is 0 Å². The maximum Gasteiger partial charge on any atom is 0.199 e. The number of nitrogens with zero attached hydrogens (tertiary/aromatic N) is 3. The normalized spacial score (nSPS) is 20.4. The molecule has 3 aliphatic heterocycles. The summed E-state index contributed by atoms with van der Waals surface area (Å²) in [5, 5.41) is 5.74. The van der Waals surface area contributed by atoms with Crippen molar-refractivity contribution in [1.29, 1.82) is 0 Å². The van der Waals surface area contributed by atoms with Gasteiger partial charge in [-0.25, -0.2) is 9.57 Å². The number of anilines is 1. The fourth-order valence-electron chi connectivity index (χ4n) is 6.98. The first-order valence-electron chi connectivity index (χ1n) is 14.5. The first kappa shape index (κ1) is 23.6. The molecule has 3 nitrogen and oxygen atoms in total. The summed E-state index contributed by atoms with van der Waals surface area (Å²) in [7, 11) is -2.61. The summed E-state index contributed by atoms with van der Waals surface area (Å²) in [6.45, 7) is 4.60. The Morgan fingerprint density at radius 2 is 1.34 bits per heavy atom. The van der Waals surface area contributed by atoms with Gasteiger partial charge in [-0.3, -0.25) is 0 Å². The Hall–Kier alpha value is -3.50. The molecule has 0 radical (unpaired) electrons. The predicted molar refractivity (Wildman–Crippen MR) is 163 cm³/mol. The van der Waals surface area contributed by atoms with Gasteiger partial charge in [0.2, 0.25) is 0 Å². The minimum atomic E-state index is -2.61. The number of allylic oxidation sites excluding steroid dienone is 4. The Morgan fingerprint density at radius 3 is 2.03 bits per heavy atom. The lowest BCUT2D eigenvalue weighted by Gasteiger charge is -2.41. The molecule has 0 aromatic heterocycles. The van der Waals surface area contributed by atoms with E-state index >= 15 is 0 Å². The zero-order chi connectivity index (χ0) is 25.4. The van der Waals surface area contributed by atoms with Crippen LogP contribution in [-0.4, -0.2) is 50.3 Å². The zero-order valence-electron chi connectivity index (χ0n) is 22.2. The molecule has 0 amide bonds. The van der Waals surface area contributed by atoms with E-state index in [1.165, 1.54) is 70.7 Å². The fraction of sp³-hybridized carbons (Fsp3) is 0.294. The smallest absolute Gasteiger partial charge is 0.199 e. The summed E-state index contributed by atoms with van der Waals surface area (Å²) in [6.07, 6.45) is 14.9. The fourth-order valence-corrected chi connectivity index (χ4v) is 12.0. The van der Waals surface area contributed by atoms with Gasteiger partial charge >= 0.3 is 0 Å². The minimum Gasteiger partial charge on any atom is -0.372 e. The second-order valence-corrected chi connectivity index (χ2v) is 14.8. The lowest BCUT2D eigenvalue weighted by atomic mass is 10.1. The van der Waals surface area contributed by atoms with Crippen LogP contribution < -0.4 is 20.5 Å². The Kier molecular flexibility index (Phi) is 6.21. The van der Waals surface area contributed by atoms with Gasteiger partial charge in [0.15, 0.2) is 13.8 Å². The van der Waals surface area contributed by atoms with Crippen LogP contribution in [0, 0.1) is 0 Å². The summed E-state index contributed by atoms with van der Waals surface area (Å²) in [4.78, 5) is 7.92. The van der Waals surface area contributed by atoms with Crippen molar-refractivity contribution in [2.45, 2.75) is 38.5 Å². The largest absolute Gasteiger partial charge is 0.372 e. The number of benzene rings is 3. The molecular formula is C34H36N3Si+. The molecule has 0 saturated carbocycles. The van der Waals surface area contributed by atoms with Gasteiger partial charge in [-0.05, 0) is 70.7 Å². The van der Waals surface area contributed by atoms with E-state index in [9.17, 15) is 0 Å². The van der Waals surface area contributed by atoms with Crippen molar-refractivity contribution in [2.24, 2.45) is 4.99 Å². The van der Waals surface area contributed by atoms with Crippen molar-refractivity contribution in [3.63, 3.8) is 0 Å². The van der Waals surface area contributed by atoms with E-state index in [2.05, 4.69) is 107 Å². The van der Waals surface area contributed by atoms with Crippen molar-refractivity contribution >= 4 is 46.4 Å². The molecule has 3 aromatic rings. The molecular weight excluding hydrogens is 478 g/mol. The second-order valence-electron chi connectivity index (χ2n) is 11.1. The van der Waals surface area contributed by atoms with Crippen molar-refractivity contribution in [2.75, 3.05) is 31.1 Å². The summed E-state index contributed by atoms with van der Waals surface area (Å²) >= 11 is 0. The zero-order valence-corrected chi connectivity index (χ0v) is 23.2. The van der Waals surface area contributed by atoms with E-state index in [1.54, 1.807) is 0 Å². The highest BCUT2D eigenvalue weighted by Crippen LogP contribution is 2.33. The van der Waals surface area contributed by atoms with Crippen molar-refractivity contribution < 1.29 is 4.58 Å². The van der Waals surface area contributed by atoms with Gasteiger partial charge in [0.1, 0.15) is 13.1 Å². The lowest BCUT2D eigenvalue weighted by molar-refractivity contribution is -0.535. The summed E-state index contributed by atoms with van der Waals surface area (Å²) in [5.41, 5.74) is 5.00. The van der Waals surface area contributed by atoms with Crippen LogP contribution in [0.4, 0.5) is 11.4 Å². The van der Waals surface area contributed by atoms with E-state index in [0.29, 0.717) is 0 Å². The molecule has 0 spiro atoms. The van der Waals surface area contributed by atoms with Gasteiger partial charge in [-0.2, -0.15) is 0 Å². The molecule has 3 heterocycles. The van der Waals surface area contributed by atoms with Gasteiger partial charge in [-0.1, -0.05) is 60.7 Å². The molecule has 3 aromatic carbocycles. The highest BCUT2D eigenvalue weighted by molar-refractivity contribution is 7.19. The first-order valence-corrected chi connectivity index (χ1v) is 16.5. The number of aliphatic imine (C=N–C) groups is 1. The Morgan fingerprint density at radius 1 is 0.684 bits per heavy atom. The molecule has 4 heteroatoms. The third-order valence-electron chi connectivity index (χ3n) is 8.87. The van der Waals surface area contributed by atoms with Crippen molar-refractivity contribution in [1.82, 2.24) is 0 Å². The second kappa shape index (κ2) is 9.99. The van der Waals surface area contributed by atoms with E-state index < -0.39 is 8.07 Å². The number of hydrogen-bond acceptors (Lipinski definition) is 2. The van der Waals surface area contributed by atoms with Gasteiger partial charge in [0.05, 0.1) is 11.4 Å². The number of hydrogen-bond donors (Lipinski definition) is 0. The average molecular weight is 515 g/mol. The molecule has 2 fully saturated rings. The molecule has 0 N–H and O–H groups in total. The highest BCUT2D eigenvalue weighted by Gasteiger charge is 2.49. The van der Waals surface area contributed by atoms with Crippen LogP contribution in [0.1, 0.15) is 38.5 Å². The van der Waals surface area contributed by atoms with Crippen LogP contribution in [0.2, 0.25) is 0 Å². The SMILES string of the molecule is C1=CC(=[N+]2CCCCC2)C=C2C1=Nc1ccc(N3CCCCC3)cc1[Si]2(c1ccccc1)c1ccccc1. The Bertz CT molecular complexity index is 1410. The van der Waals surface area contributed by atoms with Crippen LogP contribution in [0.25, 0.3) is 0 Å². The Labute approximate surface area is 227 Å². The molecule has 1 aliphatic carbocycles. The quantitative estimate of drug-likeness (QED) is 0.276. The van der Waals surface area contributed by atoms with Gasteiger partial charge in [-0.15, -0.1) is 0 Å². The Balaban J connectivity index is 1.53. The molecule has 2 saturated heterocycles. The lowest BCUT2D eigenvalue weighted by Crippen LogP contribution is -2.71.